The summed E-state index contributed by atoms with van der Waals surface area (Å²) in [5, 5.41) is 2.92. The Kier molecular flexibility index (Phi) is 6.36. The maximum atomic E-state index is 12.0. The highest BCUT2D eigenvalue weighted by molar-refractivity contribution is 6.04. The molecule has 0 bridgehead atoms. The van der Waals surface area contributed by atoms with Gasteiger partial charge in [-0.25, -0.2) is 0 Å². The standard InChI is InChI=1S/C15H19NO3/c1-3-13(16-11-15(18)19-4-2)10-14(17)12-8-6-5-7-9-12/h5-10,16H,3-4,11H2,1-2H3/b13-10-. The minimum absolute atomic E-state index is 0.0752. The third-order valence-electron chi connectivity index (χ3n) is 2.51. The van der Waals surface area contributed by atoms with Crippen LogP contribution in [0.15, 0.2) is 42.1 Å². The van der Waals surface area contributed by atoms with E-state index < -0.39 is 0 Å². The number of allylic oxidation sites excluding steroid dienone is 2. The molecular formula is C15H19NO3. The van der Waals surface area contributed by atoms with Crippen LogP contribution >= 0.6 is 0 Å². The fraction of sp³-hybridized carbons (Fsp3) is 0.333. The Bertz CT molecular complexity index is 452. The van der Waals surface area contributed by atoms with Gasteiger partial charge in [-0.2, -0.15) is 0 Å². The maximum absolute atomic E-state index is 12.0. The first-order chi connectivity index (χ1) is 9.17. The molecule has 0 atom stereocenters. The Morgan fingerprint density at radius 3 is 2.47 bits per heavy atom. The van der Waals surface area contributed by atoms with Crippen LogP contribution in [0.3, 0.4) is 0 Å². The number of hydrogen-bond donors (Lipinski definition) is 1. The van der Waals surface area contributed by atoms with Crippen LogP contribution in [0.2, 0.25) is 0 Å². The van der Waals surface area contributed by atoms with Crippen LogP contribution in [0.4, 0.5) is 0 Å². The summed E-state index contributed by atoms with van der Waals surface area (Å²) >= 11 is 0. The molecule has 0 fully saturated rings. The molecule has 0 unspecified atom stereocenters. The second kappa shape index (κ2) is 8.08. The first kappa shape index (κ1) is 15.0. The monoisotopic (exact) mass is 261 g/mol. The SMILES string of the molecule is CCOC(=O)CN/C(=C\C(=O)c1ccccc1)CC. The molecule has 0 saturated heterocycles. The zero-order chi connectivity index (χ0) is 14.1. The lowest BCUT2D eigenvalue weighted by molar-refractivity contribution is -0.141. The maximum Gasteiger partial charge on any atom is 0.325 e. The summed E-state index contributed by atoms with van der Waals surface area (Å²) in [5.74, 6) is -0.400. The summed E-state index contributed by atoms with van der Waals surface area (Å²) in [5.41, 5.74) is 1.35. The van der Waals surface area contributed by atoms with Gasteiger partial charge >= 0.3 is 5.97 Å². The van der Waals surface area contributed by atoms with Crippen LogP contribution in [-0.2, 0) is 9.53 Å². The van der Waals surface area contributed by atoms with Crippen molar-refractivity contribution in [3.8, 4) is 0 Å². The van der Waals surface area contributed by atoms with Crippen LogP contribution in [0, 0.1) is 0 Å². The van der Waals surface area contributed by atoms with Crippen LogP contribution in [0.1, 0.15) is 30.6 Å². The van der Waals surface area contributed by atoms with Crippen LogP contribution in [0.5, 0.6) is 0 Å². The molecule has 1 N–H and O–H groups in total. The Morgan fingerprint density at radius 2 is 1.89 bits per heavy atom. The number of nitrogens with one attached hydrogen (secondary N) is 1. The number of ether oxygens (including phenoxy) is 1. The molecule has 4 nitrogen and oxygen atoms in total. The van der Waals surface area contributed by atoms with E-state index in [0.29, 0.717) is 18.6 Å². The van der Waals surface area contributed by atoms with Gasteiger partial charge in [-0.15, -0.1) is 0 Å². The first-order valence-corrected chi connectivity index (χ1v) is 6.36. The van der Waals surface area contributed by atoms with Crippen LogP contribution in [-0.4, -0.2) is 24.9 Å². The first-order valence-electron chi connectivity index (χ1n) is 6.36. The fourth-order valence-electron chi connectivity index (χ4n) is 1.52. The summed E-state index contributed by atoms with van der Waals surface area (Å²) in [6.45, 7) is 4.11. The van der Waals surface area contributed by atoms with Crippen molar-refractivity contribution in [2.24, 2.45) is 0 Å². The Labute approximate surface area is 113 Å². The van der Waals surface area contributed by atoms with E-state index in [1.807, 2.05) is 25.1 Å². The van der Waals surface area contributed by atoms with Crippen molar-refractivity contribution in [3.63, 3.8) is 0 Å². The van der Waals surface area contributed by atoms with Gasteiger partial charge in [0.05, 0.1) is 6.61 Å². The molecule has 0 saturated carbocycles. The van der Waals surface area contributed by atoms with Crippen LogP contribution < -0.4 is 5.32 Å². The molecule has 1 aromatic carbocycles. The van der Waals surface area contributed by atoms with Crippen molar-refractivity contribution >= 4 is 11.8 Å². The number of benzene rings is 1. The van der Waals surface area contributed by atoms with Gasteiger partial charge in [0.1, 0.15) is 6.54 Å². The Balaban J connectivity index is 2.61. The van der Waals surface area contributed by atoms with Crippen molar-refractivity contribution in [2.45, 2.75) is 20.3 Å². The lowest BCUT2D eigenvalue weighted by atomic mass is 10.1. The molecule has 0 amide bonds. The van der Waals surface area contributed by atoms with Crippen molar-refractivity contribution in [2.75, 3.05) is 13.2 Å². The highest BCUT2D eigenvalue weighted by Crippen LogP contribution is 2.04. The summed E-state index contributed by atoms with van der Waals surface area (Å²) in [7, 11) is 0. The summed E-state index contributed by atoms with van der Waals surface area (Å²) in [6.07, 6.45) is 2.17. The van der Waals surface area contributed by atoms with Gasteiger partial charge in [0, 0.05) is 17.3 Å². The molecule has 0 radical (unpaired) electrons. The number of rotatable bonds is 7. The van der Waals surface area contributed by atoms with Gasteiger partial charge in [0.25, 0.3) is 0 Å². The van der Waals surface area contributed by atoms with E-state index in [1.165, 1.54) is 6.08 Å². The number of carbonyl (C=O) groups excluding carboxylic acids is 2. The molecular weight excluding hydrogens is 242 g/mol. The smallest absolute Gasteiger partial charge is 0.325 e. The second-order valence-electron chi connectivity index (χ2n) is 3.91. The van der Waals surface area contributed by atoms with E-state index in [-0.39, 0.29) is 18.3 Å². The van der Waals surface area contributed by atoms with Gasteiger partial charge in [0.15, 0.2) is 5.78 Å². The molecule has 0 aliphatic heterocycles. The van der Waals surface area contributed by atoms with E-state index in [4.69, 9.17) is 4.74 Å². The Morgan fingerprint density at radius 1 is 1.21 bits per heavy atom. The fourth-order valence-corrected chi connectivity index (χ4v) is 1.52. The number of ketones is 1. The Hall–Kier alpha value is -2.10. The summed E-state index contributed by atoms with van der Waals surface area (Å²) < 4.78 is 4.81. The molecule has 1 aromatic rings. The molecule has 4 heteroatoms. The molecule has 0 aromatic heterocycles. The highest BCUT2D eigenvalue weighted by Gasteiger charge is 2.05. The van der Waals surface area contributed by atoms with Crippen molar-refractivity contribution in [1.29, 1.82) is 0 Å². The molecule has 0 heterocycles. The largest absolute Gasteiger partial charge is 0.465 e. The topological polar surface area (TPSA) is 55.4 Å². The summed E-state index contributed by atoms with van der Waals surface area (Å²) in [4.78, 5) is 23.2. The average Bonchev–Trinajstić information content (AvgIpc) is 2.44. The van der Waals surface area contributed by atoms with Crippen molar-refractivity contribution in [3.05, 3.63) is 47.7 Å². The minimum atomic E-state index is -0.325. The number of esters is 1. The lowest BCUT2D eigenvalue weighted by Gasteiger charge is -2.08. The minimum Gasteiger partial charge on any atom is -0.465 e. The van der Waals surface area contributed by atoms with E-state index in [1.54, 1.807) is 19.1 Å². The average molecular weight is 261 g/mol. The third-order valence-corrected chi connectivity index (χ3v) is 2.51. The molecule has 0 aliphatic rings. The zero-order valence-corrected chi connectivity index (χ0v) is 11.3. The van der Waals surface area contributed by atoms with E-state index in [0.717, 1.165) is 5.70 Å². The molecule has 102 valence electrons. The number of carbonyl (C=O) groups is 2. The number of hydrogen-bond acceptors (Lipinski definition) is 4. The lowest BCUT2D eigenvalue weighted by Crippen LogP contribution is -2.24. The molecule has 1 rings (SSSR count). The molecule has 0 spiro atoms. The van der Waals surface area contributed by atoms with Crippen molar-refractivity contribution < 1.29 is 14.3 Å². The normalized spacial score (nSPS) is 10.9. The third kappa shape index (κ3) is 5.38. The van der Waals surface area contributed by atoms with Gasteiger partial charge in [-0.3, -0.25) is 9.59 Å². The van der Waals surface area contributed by atoms with Gasteiger partial charge in [-0.1, -0.05) is 37.3 Å². The highest BCUT2D eigenvalue weighted by atomic mass is 16.5. The van der Waals surface area contributed by atoms with Gasteiger partial charge in [0.2, 0.25) is 0 Å². The van der Waals surface area contributed by atoms with E-state index in [2.05, 4.69) is 5.32 Å². The molecule has 19 heavy (non-hydrogen) atoms. The predicted octanol–water partition coefficient (Wildman–Crippen LogP) is 2.32. The van der Waals surface area contributed by atoms with Crippen molar-refractivity contribution in [1.82, 2.24) is 5.32 Å². The predicted molar refractivity (Wildman–Crippen MR) is 73.8 cm³/mol. The second-order valence-corrected chi connectivity index (χ2v) is 3.91. The van der Waals surface area contributed by atoms with E-state index in [9.17, 15) is 9.59 Å². The van der Waals surface area contributed by atoms with Crippen LogP contribution in [0.25, 0.3) is 0 Å². The van der Waals surface area contributed by atoms with Gasteiger partial charge in [-0.05, 0) is 13.3 Å². The quantitative estimate of drug-likeness (QED) is 0.465. The van der Waals surface area contributed by atoms with Gasteiger partial charge < -0.3 is 10.1 Å². The molecule has 0 aliphatic carbocycles. The summed E-state index contributed by atoms with van der Waals surface area (Å²) in [6, 6.07) is 9.02. The van der Waals surface area contributed by atoms with E-state index >= 15 is 0 Å². The zero-order valence-electron chi connectivity index (χ0n) is 11.3.